The monoisotopic (exact) mass is 211 g/mol. The summed E-state index contributed by atoms with van der Waals surface area (Å²) in [6, 6.07) is 1.62. The summed E-state index contributed by atoms with van der Waals surface area (Å²) in [6.45, 7) is 0. The number of halogens is 2. The van der Waals surface area contributed by atoms with Gasteiger partial charge in [-0.3, -0.25) is 0 Å². The Morgan fingerprint density at radius 2 is 2.13 bits per heavy atom. The molecule has 1 aliphatic heterocycles. The number of carbonyl (C=O) groups is 1. The Kier molecular flexibility index (Phi) is 2.11. The first kappa shape index (κ1) is 9.57. The highest BCUT2D eigenvalue weighted by Gasteiger charge is 2.27. The molecule has 78 valence electrons. The minimum atomic E-state index is -0.807. The van der Waals surface area contributed by atoms with Gasteiger partial charge in [0.1, 0.15) is 23.5 Å². The molecule has 3 N–H and O–H groups in total. The van der Waals surface area contributed by atoms with Gasteiger partial charge in [0.2, 0.25) is 0 Å². The van der Waals surface area contributed by atoms with E-state index in [2.05, 4.69) is 10.3 Å². The van der Waals surface area contributed by atoms with E-state index in [1.54, 1.807) is 0 Å². The van der Waals surface area contributed by atoms with Gasteiger partial charge in [-0.1, -0.05) is 6.07 Å². The SMILES string of the molecule is NC1=NC(=O)NC1c1ccc(F)cc1F. The Morgan fingerprint density at radius 3 is 2.67 bits per heavy atom. The number of hydrogen-bond donors (Lipinski definition) is 2. The third-order valence-electron chi connectivity index (χ3n) is 2.07. The van der Waals surface area contributed by atoms with Crippen molar-refractivity contribution in [3.63, 3.8) is 0 Å². The molecule has 15 heavy (non-hydrogen) atoms. The summed E-state index contributed by atoms with van der Waals surface area (Å²) in [5.41, 5.74) is 5.52. The summed E-state index contributed by atoms with van der Waals surface area (Å²) >= 11 is 0. The summed E-state index contributed by atoms with van der Waals surface area (Å²) in [5.74, 6) is -1.47. The molecule has 2 rings (SSSR count). The van der Waals surface area contributed by atoms with Crippen LogP contribution in [0.3, 0.4) is 0 Å². The molecule has 1 unspecified atom stereocenters. The number of nitrogens with zero attached hydrogens (tertiary/aromatic N) is 1. The third kappa shape index (κ3) is 1.65. The highest BCUT2D eigenvalue weighted by molar-refractivity contribution is 6.03. The van der Waals surface area contributed by atoms with Crippen molar-refractivity contribution in [3.05, 3.63) is 35.4 Å². The van der Waals surface area contributed by atoms with Crippen LogP contribution in [0.4, 0.5) is 13.6 Å². The summed E-state index contributed by atoms with van der Waals surface area (Å²) in [6.07, 6.45) is 0. The van der Waals surface area contributed by atoms with Crippen LogP contribution in [-0.4, -0.2) is 11.9 Å². The van der Waals surface area contributed by atoms with Crippen LogP contribution in [-0.2, 0) is 0 Å². The van der Waals surface area contributed by atoms with Gasteiger partial charge in [-0.05, 0) is 6.07 Å². The van der Waals surface area contributed by atoms with Crippen molar-refractivity contribution in [1.29, 1.82) is 0 Å². The maximum absolute atomic E-state index is 13.3. The largest absolute Gasteiger partial charge is 0.385 e. The number of amides is 2. The van der Waals surface area contributed by atoms with Crippen molar-refractivity contribution in [1.82, 2.24) is 5.32 Å². The van der Waals surface area contributed by atoms with Crippen LogP contribution in [0.15, 0.2) is 23.2 Å². The van der Waals surface area contributed by atoms with Gasteiger partial charge in [-0.25, -0.2) is 13.6 Å². The molecule has 0 aromatic heterocycles. The van der Waals surface area contributed by atoms with Crippen molar-refractivity contribution in [3.8, 4) is 0 Å². The lowest BCUT2D eigenvalue weighted by Crippen LogP contribution is -2.28. The van der Waals surface area contributed by atoms with Crippen LogP contribution >= 0.6 is 0 Å². The van der Waals surface area contributed by atoms with Crippen molar-refractivity contribution in [2.75, 3.05) is 0 Å². The van der Waals surface area contributed by atoms with Crippen molar-refractivity contribution in [2.24, 2.45) is 10.7 Å². The lowest BCUT2D eigenvalue weighted by atomic mass is 10.1. The number of carbonyl (C=O) groups excluding carboxylic acids is 1. The van der Waals surface area contributed by atoms with E-state index in [9.17, 15) is 13.6 Å². The van der Waals surface area contributed by atoms with Gasteiger partial charge in [-0.15, -0.1) is 0 Å². The second-order valence-corrected chi connectivity index (χ2v) is 3.09. The van der Waals surface area contributed by atoms with Gasteiger partial charge in [0.05, 0.1) is 0 Å². The summed E-state index contributed by atoms with van der Waals surface area (Å²) in [5, 5.41) is 2.35. The van der Waals surface area contributed by atoms with Crippen LogP contribution in [0.2, 0.25) is 0 Å². The average Bonchev–Trinajstić information content (AvgIpc) is 2.45. The van der Waals surface area contributed by atoms with Crippen LogP contribution in [0.25, 0.3) is 0 Å². The first-order valence-corrected chi connectivity index (χ1v) is 4.17. The number of nitrogens with two attached hydrogens (primary N) is 1. The minimum Gasteiger partial charge on any atom is -0.385 e. The molecule has 1 aliphatic rings. The Balaban J connectivity index is 2.39. The zero-order valence-corrected chi connectivity index (χ0v) is 7.50. The zero-order chi connectivity index (χ0) is 11.0. The molecule has 0 saturated carbocycles. The van der Waals surface area contributed by atoms with Gasteiger partial charge in [0.15, 0.2) is 0 Å². The molecule has 0 radical (unpaired) electrons. The smallest absolute Gasteiger partial charge is 0.343 e. The van der Waals surface area contributed by atoms with E-state index >= 15 is 0 Å². The molecule has 0 saturated heterocycles. The molecule has 1 atom stereocenters. The zero-order valence-electron chi connectivity index (χ0n) is 7.50. The first-order valence-electron chi connectivity index (χ1n) is 4.17. The molecule has 1 aromatic rings. The molecule has 0 spiro atoms. The quantitative estimate of drug-likeness (QED) is 0.730. The Hall–Kier alpha value is -1.98. The van der Waals surface area contributed by atoms with E-state index in [-0.39, 0.29) is 11.4 Å². The maximum atomic E-state index is 13.3. The number of nitrogens with one attached hydrogen (secondary N) is 1. The minimum absolute atomic E-state index is 0.0227. The summed E-state index contributed by atoms with van der Waals surface area (Å²) in [4.78, 5) is 14.2. The third-order valence-corrected chi connectivity index (χ3v) is 2.07. The van der Waals surface area contributed by atoms with Crippen molar-refractivity contribution >= 4 is 11.9 Å². The van der Waals surface area contributed by atoms with Crippen LogP contribution in [0.1, 0.15) is 11.6 Å². The maximum Gasteiger partial charge on any atom is 0.343 e. The average molecular weight is 211 g/mol. The summed E-state index contributed by atoms with van der Waals surface area (Å²) in [7, 11) is 0. The number of benzene rings is 1. The van der Waals surface area contributed by atoms with Crippen molar-refractivity contribution in [2.45, 2.75) is 6.04 Å². The predicted octanol–water partition coefficient (Wildman–Crippen LogP) is 1.09. The molecule has 2 amide bonds. The highest BCUT2D eigenvalue weighted by Crippen LogP contribution is 2.21. The van der Waals surface area contributed by atoms with E-state index in [1.807, 2.05) is 0 Å². The van der Waals surface area contributed by atoms with E-state index in [1.165, 1.54) is 6.07 Å². The normalized spacial score (nSPS) is 20.0. The van der Waals surface area contributed by atoms with Crippen LogP contribution in [0, 0.1) is 11.6 Å². The first-order chi connectivity index (χ1) is 7.08. The molecule has 1 heterocycles. The van der Waals surface area contributed by atoms with Crippen LogP contribution in [0.5, 0.6) is 0 Å². The van der Waals surface area contributed by atoms with Gasteiger partial charge in [0.25, 0.3) is 0 Å². The van der Waals surface area contributed by atoms with Gasteiger partial charge in [0, 0.05) is 11.6 Å². The summed E-state index contributed by atoms with van der Waals surface area (Å²) < 4.78 is 25.9. The predicted molar refractivity (Wildman–Crippen MR) is 49.3 cm³/mol. The van der Waals surface area contributed by atoms with Crippen LogP contribution < -0.4 is 11.1 Å². The molecule has 1 aromatic carbocycles. The Labute approximate surface area is 83.8 Å². The number of aliphatic imine (C=N–C) groups is 1. The van der Waals surface area contributed by atoms with E-state index in [4.69, 9.17) is 5.73 Å². The standard InChI is InChI=1S/C9H7F2N3O/c10-4-1-2-5(6(11)3-4)7-8(12)14-9(15)13-7/h1-3,7H,(H3,12,13,14,15). The van der Waals surface area contributed by atoms with Gasteiger partial charge >= 0.3 is 6.03 Å². The second-order valence-electron chi connectivity index (χ2n) is 3.09. The number of hydrogen-bond acceptors (Lipinski definition) is 2. The Bertz CT molecular complexity index is 459. The molecular formula is C9H7F2N3O. The molecule has 4 nitrogen and oxygen atoms in total. The van der Waals surface area contributed by atoms with E-state index in [0.717, 1.165) is 12.1 Å². The molecule has 0 bridgehead atoms. The number of amidine groups is 1. The van der Waals surface area contributed by atoms with E-state index in [0.29, 0.717) is 0 Å². The van der Waals surface area contributed by atoms with Gasteiger partial charge < -0.3 is 11.1 Å². The van der Waals surface area contributed by atoms with Gasteiger partial charge in [-0.2, -0.15) is 4.99 Å². The van der Waals surface area contributed by atoms with Crippen molar-refractivity contribution < 1.29 is 13.6 Å². The number of rotatable bonds is 1. The molecule has 0 aliphatic carbocycles. The second kappa shape index (κ2) is 3.30. The molecule has 6 heteroatoms. The molecular weight excluding hydrogens is 204 g/mol. The fraction of sp³-hybridized carbons (Fsp3) is 0.111. The highest BCUT2D eigenvalue weighted by atomic mass is 19.1. The number of urea groups is 1. The molecule has 0 fully saturated rings. The fourth-order valence-corrected chi connectivity index (χ4v) is 1.38. The Morgan fingerprint density at radius 1 is 1.40 bits per heavy atom. The topological polar surface area (TPSA) is 67.5 Å². The lowest BCUT2D eigenvalue weighted by molar-refractivity contribution is 0.250. The van der Waals surface area contributed by atoms with E-state index < -0.39 is 23.7 Å². The fourth-order valence-electron chi connectivity index (χ4n) is 1.38. The lowest BCUT2D eigenvalue weighted by Gasteiger charge is -2.11.